The highest BCUT2D eigenvalue weighted by Crippen LogP contribution is 2.36. The third-order valence-electron chi connectivity index (χ3n) is 4.12. The molecule has 2 aromatic carbocycles. The molecule has 0 aliphatic carbocycles. The monoisotopic (exact) mass is 411 g/mol. The van der Waals surface area contributed by atoms with Crippen LogP contribution in [-0.4, -0.2) is 37.1 Å². The number of rotatable bonds is 6. The van der Waals surface area contributed by atoms with Gasteiger partial charge in [-0.3, -0.25) is 10.1 Å². The van der Waals surface area contributed by atoms with Crippen LogP contribution in [0.15, 0.2) is 42.5 Å². The number of fused-ring (bicyclic) bond motifs is 1. The van der Waals surface area contributed by atoms with Gasteiger partial charge in [0, 0.05) is 12.1 Å². The fourth-order valence-electron chi connectivity index (χ4n) is 2.69. The molecule has 1 N–H and O–H groups in total. The SMILES string of the molecule is COc1ccc(-c2nnc(NC(=O)/C=C\c3ccc4c(c3)OCO4)s2)c(OC)c1. The van der Waals surface area contributed by atoms with Gasteiger partial charge in [0.1, 0.15) is 11.5 Å². The van der Waals surface area contributed by atoms with Crippen molar-refractivity contribution in [3.05, 3.63) is 48.0 Å². The quantitative estimate of drug-likeness (QED) is 0.620. The summed E-state index contributed by atoms with van der Waals surface area (Å²) in [6.07, 6.45) is 3.11. The second-order valence-electron chi connectivity index (χ2n) is 5.91. The average Bonchev–Trinajstić information content (AvgIpc) is 3.40. The van der Waals surface area contributed by atoms with Crippen molar-refractivity contribution in [1.29, 1.82) is 0 Å². The number of aromatic nitrogens is 2. The fraction of sp³-hybridized carbons (Fsp3) is 0.150. The minimum absolute atomic E-state index is 0.210. The maximum absolute atomic E-state index is 12.2. The molecule has 0 unspecified atom stereocenters. The van der Waals surface area contributed by atoms with E-state index in [1.807, 2.05) is 24.3 Å². The zero-order valence-corrected chi connectivity index (χ0v) is 16.5. The van der Waals surface area contributed by atoms with Crippen molar-refractivity contribution < 1.29 is 23.7 Å². The van der Waals surface area contributed by atoms with E-state index in [2.05, 4.69) is 15.5 Å². The van der Waals surface area contributed by atoms with Crippen LogP contribution in [-0.2, 0) is 4.79 Å². The second-order valence-corrected chi connectivity index (χ2v) is 6.89. The van der Waals surface area contributed by atoms with Crippen molar-refractivity contribution in [1.82, 2.24) is 10.2 Å². The van der Waals surface area contributed by atoms with Crippen LogP contribution in [0.5, 0.6) is 23.0 Å². The van der Waals surface area contributed by atoms with Crippen molar-refractivity contribution in [3.8, 4) is 33.6 Å². The number of hydrogen-bond acceptors (Lipinski definition) is 8. The molecular formula is C20H17N3O5S. The Kier molecular flexibility index (Phi) is 5.30. The maximum Gasteiger partial charge on any atom is 0.250 e. The minimum Gasteiger partial charge on any atom is -0.497 e. The van der Waals surface area contributed by atoms with Gasteiger partial charge in [-0.2, -0.15) is 0 Å². The molecule has 0 bridgehead atoms. The molecule has 2 heterocycles. The zero-order chi connectivity index (χ0) is 20.2. The standard InChI is InChI=1S/C20H17N3O5S/c1-25-13-5-6-14(16(10-13)26-2)19-22-23-20(29-19)21-18(24)8-4-12-3-7-15-17(9-12)28-11-27-15/h3-10H,11H2,1-2H3,(H,21,23,24)/b8-4-. The highest BCUT2D eigenvalue weighted by atomic mass is 32.1. The van der Waals surface area contributed by atoms with Crippen LogP contribution in [0, 0.1) is 0 Å². The smallest absolute Gasteiger partial charge is 0.250 e. The first-order chi connectivity index (χ1) is 14.2. The lowest BCUT2D eigenvalue weighted by Gasteiger charge is -2.07. The van der Waals surface area contributed by atoms with Gasteiger partial charge in [0.05, 0.1) is 19.8 Å². The van der Waals surface area contributed by atoms with Crippen molar-refractivity contribution in [3.63, 3.8) is 0 Å². The molecule has 0 spiro atoms. The van der Waals surface area contributed by atoms with Crippen LogP contribution in [0.3, 0.4) is 0 Å². The van der Waals surface area contributed by atoms with E-state index < -0.39 is 0 Å². The maximum atomic E-state index is 12.2. The fourth-order valence-corrected chi connectivity index (χ4v) is 3.47. The van der Waals surface area contributed by atoms with E-state index >= 15 is 0 Å². The van der Waals surface area contributed by atoms with Crippen molar-refractivity contribution in [2.45, 2.75) is 0 Å². The summed E-state index contributed by atoms with van der Waals surface area (Å²) >= 11 is 1.25. The number of anilines is 1. The van der Waals surface area contributed by atoms with Gasteiger partial charge in [0.15, 0.2) is 16.5 Å². The van der Waals surface area contributed by atoms with Crippen molar-refractivity contribution >= 4 is 28.5 Å². The Morgan fingerprint density at radius 3 is 2.79 bits per heavy atom. The van der Waals surface area contributed by atoms with Gasteiger partial charge in [0.2, 0.25) is 17.8 Å². The van der Waals surface area contributed by atoms with Gasteiger partial charge in [0.25, 0.3) is 0 Å². The number of carbonyl (C=O) groups excluding carboxylic acids is 1. The molecule has 0 fully saturated rings. The number of carbonyl (C=O) groups is 1. The van der Waals surface area contributed by atoms with Crippen molar-refractivity contribution in [2.24, 2.45) is 0 Å². The molecule has 0 saturated heterocycles. The first-order valence-electron chi connectivity index (χ1n) is 8.61. The van der Waals surface area contributed by atoms with Gasteiger partial charge in [-0.1, -0.05) is 17.4 Å². The van der Waals surface area contributed by atoms with E-state index in [-0.39, 0.29) is 12.7 Å². The summed E-state index contributed by atoms with van der Waals surface area (Å²) in [5.74, 6) is 2.34. The Labute approximate surface area is 170 Å². The first kappa shape index (κ1) is 18.8. The van der Waals surface area contributed by atoms with Crippen LogP contribution in [0.2, 0.25) is 0 Å². The van der Waals surface area contributed by atoms with Gasteiger partial charge < -0.3 is 18.9 Å². The minimum atomic E-state index is -0.313. The number of amides is 1. The molecule has 1 aliphatic heterocycles. The average molecular weight is 411 g/mol. The molecule has 29 heavy (non-hydrogen) atoms. The van der Waals surface area contributed by atoms with Crippen LogP contribution in [0.4, 0.5) is 5.13 Å². The number of nitrogens with one attached hydrogen (secondary N) is 1. The Morgan fingerprint density at radius 1 is 1.10 bits per heavy atom. The third kappa shape index (κ3) is 4.14. The van der Waals surface area contributed by atoms with E-state index in [4.69, 9.17) is 18.9 Å². The third-order valence-corrected chi connectivity index (χ3v) is 4.99. The van der Waals surface area contributed by atoms with Crippen LogP contribution in [0.1, 0.15) is 5.56 Å². The molecule has 9 heteroatoms. The topological polar surface area (TPSA) is 91.8 Å². The first-order valence-corrected chi connectivity index (χ1v) is 9.42. The zero-order valence-electron chi connectivity index (χ0n) is 15.7. The Morgan fingerprint density at radius 2 is 1.97 bits per heavy atom. The normalized spacial score (nSPS) is 12.2. The summed E-state index contributed by atoms with van der Waals surface area (Å²) in [4.78, 5) is 12.2. The predicted octanol–water partition coefficient (Wildman–Crippen LogP) is 3.60. The van der Waals surface area contributed by atoms with E-state index in [9.17, 15) is 4.79 Å². The summed E-state index contributed by atoms with van der Waals surface area (Å²) in [7, 11) is 3.16. The van der Waals surface area contributed by atoms with Gasteiger partial charge in [-0.25, -0.2) is 0 Å². The molecular weight excluding hydrogens is 394 g/mol. The van der Waals surface area contributed by atoms with E-state index in [0.29, 0.717) is 33.1 Å². The number of hydrogen-bond donors (Lipinski definition) is 1. The highest BCUT2D eigenvalue weighted by molar-refractivity contribution is 7.18. The van der Waals surface area contributed by atoms with Crippen LogP contribution < -0.4 is 24.3 Å². The highest BCUT2D eigenvalue weighted by Gasteiger charge is 2.14. The second kappa shape index (κ2) is 8.19. The molecule has 148 valence electrons. The largest absolute Gasteiger partial charge is 0.497 e. The number of benzene rings is 2. The molecule has 0 atom stereocenters. The molecule has 0 radical (unpaired) electrons. The Balaban J connectivity index is 1.44. The van der Waals surface area contributed by atoms with Crippen LogP contribution in [0.25, 0.3) is 16.6 Å². The van der Waals surface area contributed by atoms with Crippen LogP contribution >= 0.6 is 11.3 Å². The molecule has 0 saturated carbocycles. The predicted molar refractivity (Wildman–Crippen MR) is 109 cm³/mol. The van der Waals surface area contributed by atoms with E-state index in [1.165, 1.54) is 17.4 Å². The summed E-state index contributed by atoms with van der Waals surface area (Å²) < 4.78 is 21.2. The van der Waals surface area contributed by atoms with E-state index in [1.54, 1.807) is 32.4 Å². The van der Waals surface area contributed by atoms with Gasteiger partial charge in [-0.15, -0.1) is 10.2 Å². The lowest BCUT2D eigenvalue weighted by molar-refractivity contribution is -0.111. The number of methoxy groups -OCH3 is 2. The summed E-state index contributed by atoms with van der Waals surface area (Å²) in [5, 5.41) is 11.9. The van der Waals surface area contributed by atoms with Gasteiger partial charge >= 0.3 is 0 Å². The summed E-state index contributed by atoms with van der Waals surface area (Å²) in [6, 6.07) is 10.9. The molecule has 8 nitrogen and oxygen atoms in total. The van der Waals surface area contributed by atoms with Crippen molar-refractivity contribution in [2.75, 3.05) is 26.3 Å². The Hall–Kier alpha value is -3.59. The lowest BCUT2D eigenvalue weighted by atomic mass is 10.2. The molecule has 1 aliphatic rings. The molecule has 1 aromatic heterocycles. The number of ether oxygens (including phenoxy) is 4. The Bertz CT molecular complexity index is 1080. The molecule has 4 rings (SSSR count). The molecule has 3 aromatic rings. The lowest BCUT2D eigenvalue weighted by Crippen LogP contribution is -2.07. The van der Waals surface area contributed by atoms with Gasteiger partial charge in [-0.05, 0) is 35.9 Å². The molecule has 1 amide bonds. The number of nitrogens with zero attached hydrogens (tertiary/aromatic N) is 2. The van der Waals surface area contributed by atoms with E-state index in [0.717, 1.165) is 11.1 Å². The summed E-state index contributed by atoms with van der Waals surface area (Å²) in [6.45, 7) is 0.210. The summed E-state index contributed by atoms with van der Waals surface area (Å²) in [5.41, 5.74) is 1.59.